The first kappa shape index (κ1) is 17.4. The maximum Gasteiger partial charge on any atom is 0.325 e. The molecule has 0 saturated carbocycles. The van der Waals surface area contributed by atoms with E-state index >= 15 is 0 Å². The molecule has 2 atom stereocenters. The van der Waals surface area contributed by atoms with E-state index in [4.69, 9.17) is 0 Å². The van der Waals surface area contributed by atoms with Crippen molar-refractivity contribution in [3.63, 3.8) is 0 Å². The van der Waals surface area contributed by atoms with E-state index in [1.165, 1.54) is 16.0 Å². The number of carbonyl (C=O) groups excluding carboxylic acids is 2. The molecule has 1 saturated heterocycles. The number of urea groups is 1. The molecule has 3 aliphatic heterocycles. The summed E-state index contributed by atoms with van der Waals surface area (Å²) in [6.45, 7) is 7.62. The molecule has 0 aromatic heterocycles. The number of fused-ring (bicyclic) bond motifs is 3. The number of nitrogens with one attached hydrogen (secondary N) is 2. The van der Waals surface area contributed by atoms with Crippen LogP contribution in [0.3, 0.4) is 0 Å². The average Bonchev–Trinajstić information content (AvgIpc) is 3.08. The summed E-state index contributed by atoms with van der Waals surface area (Å²) in [5.74, 6) is 0.419. The van der Waals surface area contributed by atoms with Crippen molar-refractivity contribution in [2.24, 2.45) is 4.99 Å². The van der Waals surface area contributed by atoms with Crippen LogP contribution < -0.4 is 10.6 Å². The van der Waals surface area contributed by atoms with Crippen molar-refractivity contribution < 1.29 is 9.59 Å². The van der Waals surface area contributed by atoms with Gasteiger partial charge in [0.1, 0.15) is 0 Å². The summed E-state index contributed by atoms with van der Waals surface area (Å²) < 4.78 is 0. The molecule has 0 radical (unpaired) electrons. The lowest BCUT2D eigenvalue weighted by molar-refractivity contribution is -0.126. The molecule has 3 heterocycles. The predicted octanol–water partition coefficient (Wildman–Crippen LogP) is 1.44. The SMILES string of the molecule is CC1=CN2C(=NC3C2C(=O)NC(=O)N3C)N1CCNc1cc(C)cc(C)c1. The number of imide groups is 1. The van der Waals surface area contributed by atoms with Gasteiger partial charge in [-0.3, -0.25) is 10.1 Å². The van der Waals surface area contributed by atoms with Gasteiger partial charge in [0.25, 0.3) is 5.91 Å². The molecule has 0 bridgehead atoms. The van der Waals surface area contributed by atoms with E-state index in [2.05, 4.69) is 52.6 Å². The largest absolute Gasteiger partial charge is 0.383 e. The third-order valence-corrected chi connectivity index (χ3v) is 5.16. The lowest BCUT2D eigenvalue weighted by Crippen LogP contribution is -2.62. The number of benzene rings is 1. The molecule has 2 N–H and O–H groups in total. The summed E-state index contributed by atoms with van der Waals surface area (Å²) in [5, 5.41) is 5.85. The average molecular weight is 368 g/mol. The molecule has 1 aromatic rings. The van der Waals surface area contributed by atoms with Gasteiger partial charge in [-0.2, -0.15) is 0 Å². The topological polar surface area (TPSA) is 80.3 Å². The van der Waals surface area contributed by atoms with Crippen LogP contribution in [-0.4, -0.2) is 64.9 Å². The van der Waals surface area contributed by atoms with Gasteiger partial charge in [-0.15, -0.1) is 0 Å². The van der Waals surface area contributed by atoms with Gasteiger partial charge in [0.2, 0.25) is 5.96 Å². The lowest BCUT2D eigenvalue weighted by atomic mass is 10.1. The number of nitrogens with zero attached hydrogens (tertiary/aromatic N) is 4. The maximum absolute atomic E-state index is 12.3. The predicted molar refractivity (Wildman–Crippen MR) is 103 cm³/mol. The number of hydrogen-bond donors (Lipinski definition) is 2. The quantitative estimate of drug-likeness (QED) is 0.841. The molecule has 142 valence electrons. The standard InChI is InChI=1S/C19H24N6O2/c1-11-7-12(2)9-14(8-11)20-5-6-24-13(3)10-25-15-16(21-18(24)25)23(4)19(27)22-17(15)26/h7-10,15-16,20H,5-6H2,1-4H3,(H,22,26,27). The van der Waals surface area contributed by atoms with Crippen LogP contribution in [0.25, 0.3) is 0 Å². The number of anilines is 1. The Morgan fingerprint density at radius 2 is 1.85 bits per heavy atom. The Hall–Kier alpha value is -3.03. The molecule has 8 nitrogen and oxygen atoms in total. The van der Waals surface area contributed by atoms with E-state index in [9.17, 15) is 9.59 Å². The Kier molecular flexibility index (Phi) is 4.05. The number of aliphatic imine (C=N–C) groups is 1. The number of allylic oxidation sites excluding steroid dienone is 1. The molecule has 0 spiro atoms. The summed E-state index contributed by atoms with van der Waals surface area (Å²) in [7, 11) is 1.66. The second kappa shape index (κ2) is 6.29. The van der Waals surface area contributed by atoms with Crippen molar-refractivity contribution in [1.29, 1.82) is 0 Å². The summed E-state index contributed by atoms with van der Waals surface area (Å²) in [4.78, 5) is 34.3. The van der Waals surface area contributed by atoms with Gasteiger partial charge in [0.15, 0.2) is 12.2 Å². The van der Waals surface area contributed by atoms with Crippen LogP contribution in [0.2, 0.25) is 0 Å². The van der Waals surface area contributed by atoms with E-state index in [1.54, 1.807) is 7.05 Å². The van der Waals surface area contributed by atoms with Crippen LogP contribution in [0.15, 0.2) is 35.1 Å². The minimum atomic E-state index is -0.505. The molecule has 4 rings (SSSR count). The van der Waals surface area contributed by atoms with Crippen LogP contribution in [0.1, 0.15) is 18.1 Å². The van der Waals surface area contributed by atoms with Crippen molar-refractivity contribution in [2.75, 3.05) is 25.5 Å². The molecule has 3 aliphatic rings. The zero-order valence-corrected chi connectivity index (χ0v) is 16.0. The Labute approximate surface area is 158 Å². The summed E-state index contributed by atoms with van der Waals surface area (Å²) >= 11 is 0. The zero-order valence-electron chi connectivity index (χ0n) is 16.0. The van der Waals surface area contributed by atoms with E-state index in [0.717, 1.165) is 23.9 Å². The van der Waals surface area contributed by atoms with Crippen molar-refractivity contribution in [1.82, 2.24) is 20.0 Å². The van der Waals surface area contributed by atoms with Gasteiger partial charge >= 0.3 is 6.03 Å². The van der Waals surface area contributed by atoms with Crippen LogP contribution in [-0.2, 0) is 4.79 Å². The number of likely N-dealkylation sites (N-methyl/N-ethyl adjacent to an activating group) is 1. The van der Waals surface area contributed by atoms with Gasteiger partial charge in [-0.05, 0) is 44.0 Å². The van der Waals surface area contributed by atoms with Gasteiger partial charge in [0.05, 0.1) is 0 Å². The lowest BCUT2D eigenvalue weighted by Gasteiger charge is -2.34. The first-order valence-electron chi connectivity index (χ1n) is 9.07. The van der Waals surface area contributed by atoms with Crippen LogP contribution in [0.4, 0.5) is 10.5 Å². The molecular weight excluding hydrogens is 344 g/mol. The number of guanidine groups is 1. The van der Waals surface area contributed by atoms with Crippen LogP contribution >= 0.6 is 0 Å². The third kappa shape index (κ3) is 2.90. The van der Waals surface area contributed by atoms with Crippen molar-refractivity contribution in [3.8, 4) is 0 Å². The van der Waals surface area contributed by atoms with Gasteiger partial charge in [0, 0.05) is 37.7 Å². The molecule has 2 unspecified atom stereocenters. The minimum absolute atomic E-state index is 0.305. The highest BCUT2D eigenvalue weighted by molar-refractivity contribution is 6.04. The zero-order chi connectivity index (χ0) is 19.3. The van der Waals surface area contributed by atoms with Crippen molar-refractivity contribution in [2.45, 2.75) is 33.0 Å². The Balaban J connectivity index is 1.47. The molecule has 1 aromatic carbocycles. The first-order valence-corrected chi connectivity index (χ1v) is 9.07. The Morgan fingerprint density at radius 3 is 2.56 bits per heavy atom. The summed E-state index contributed by atoms with van der Waals surface area (Å²) in [5.41, 5.74) is 4.58. The normalized spacial score (nSPS) is 23.8. The molecule has 0 aliphatic carbocycles. The monoisotopic (exact) mass is 368 g/mol. The highest BCUT2D eigenvalue weighted by atomic mass is 16.2. The first-order chi connectivity index (χ1) is 12.8. The van der Waals surface area contributed by atoms with Crippen molar-refractivity contribution >= 4 is 23.6 Å². The Morgan fingerprint density at radius 1 is 1.15 bits per heavy atom. The van der Waals surface area contributed by atoms with E-state index in [0.29, 0.717) is 6.54 Å². The Bertz CT molecular complexity index is 857. The molecule has 27 heavy (non-hydrogen) atoms. The number of hydrogen-bond acceptors (Lipinski definition) is 6. The van der Waals surface area contributed by atoms with Gasteiger partial charge in [-0.1, -0.05) is 6.07 Å². The maximum atomic E-state index is 12.3. The van der Waals surface area contributed by atoms with Crippen molar-refractivity contribution in [3.05, 3.63) is 41.2 Å². The fraction of sp³-hybridized carbons (Fsp3) is 0.421. The number of aryl methyl sites for hydroxylation is 2. The van der Waals surface area contributed by atoms with Crippen LogP contribution in [0, 0.1) is 13.8 Å². The molecular formula is C19H24N6O2. The van der Waals surface area contributed by atoms with E-state index in [-0.39, 0.29) is 5.91 Å². The summed E-state index contributed by atoms with van der Waals surface area (Å²) in [6, 6.07) is 5.48. The number of rotatable bonds is 4. The number of amides is 3. The molecule has 8 heteroatoms. The fourth-order valence-electron chi connectivity index (χ4n) is 3.91. The smallest absolute Gasteiger partial charge is 0.325 e. The van der Waals surface area contributed by atoms with E-state index < -0.39 is 18.2 Å². The van der Waals surface area contributed by atoms with Crippen LogP contribution in [0.5, 0.6) is 0 Å². The summed E-state index contributed by atoms with van der Waals surface area (Å²) in [6.07, 6.45) is 1.45. The molecule has 1 fully saturated rings. The number of carbonyl (C=O) groups is 2. The van der Waals surface area contributed by atoms with E-state index in [1.807, 2.05) is 18.0 Å². The van der Waals surface area contributed by atoms with Gasteiger partial charge < -0.3 is 20.0 Å². The van der Waals surface area contributed by atoms with Gasteiger partial charge in [-0.25, -0.2) is 9.79 Å². The third-order valence-electron chi connectivity index (χ3n) is 5.16. The second-order valence-electron chi connectivity index (χ2n) is 7.33. The second-order valence-corrected chi connectivity index (χ2v) is 7.33. The highest BCUT2D eigenvalue weighted by Crippen LogP contribution is 2.31. The minimum Gasteiger partial charge on any atom is -0.383 e. The highest BCUT2D eigenvalue weighted by Gasteiger charge is 2.51. The molecule has 3 amide bonds. The fourth-order valence-corrected chi connectivity index (χ4v) is 3.91.